The lowest BCUT2D eigenvalue weighted by Gasteiger charge is -2.06. The minimum absolute atomic E-state index is 0.0902. The first-order chi connectivity index (χ1) is 12.2. The molecule has 0 saturated carbocycles. The molecule has 0 saturated heterocycles. The predicted molar refractivity (Wildman–Crippen MR) is 97.7 cm³/mol. The Hall–Kier alpha value is -2.82. The fourth-order valence-electron chi connectivity index (χ4n) is 2.07. The number of carbonyl (C=O) groups is 1. The normalized spacial score (nSPS) is 11.3. The molecule has 0 aliphatic carbocycles. The lowest BCUT2D eigenvalue weighted by atomic mass is 10.1. The van der Waals surface area contributed by atoms with Crippen LogP contribution in [0.5, 0.6) is 0 Å². The van der Waals surface area contributed by atoms with E-state index < -0.39 is 10.8 Å². The zero-order chi connectivity index (χ0) is 19.4. The number of benzene rings is 1. The van der Waals surface area contributed by atoms with Crippen molar-refractivity contribution < 1.29 is 14.1 Å². The van der Waals surface area contributed by atoms with Crippen LogP contribution in [0.15, 0.2) is 34.3 Å². The molecule has 1 N–H and O–H groups in total. The van der Waals surface area contributed by atoms with Crippen molar-refractivity contribution in [2.75, 3.05) is 0 Å². The minimum Gasteiger partial charge on any atom is -0.457 e. The van der Waals surface area contributed by atoms with Crippen molar-refractivity contribution in [3.8, 4) is 17.4 Å². The molecule has 0 aliphatic heterocycles. The van der Waals surface area contributed by atoms with Gasteiger partial charge in [-0.25, -0.2) is 0 Å². The summed E-state index contributed by atoms with van der Waals surface area (Å²) in [6.45, 7) is 3.54. The van der Waals surface area contributed by atoms with Gasteiger partial charge in [0.25, 0.3) is 11.6 Å². The van der Waals surface area contributed by atoms with Crippen molar-refractivity contribution in [2.24, 2.45) is 0 Å². The van der Waals surface area contributed by atoms with E-state index in [1.54, 1.807) is 19.9 Å². The highest BCUT2D eigenvalue weighted by atomic mass is 35.5. The molecular formula is C17H13Cl2N3O4. The number of furan rings is 1. The fourth-order valence-corrected chi connectivity index (χ4v) is 2.62. The number of nitro benzene ring substituents is 1. The third-order valence-electron chi connectivity index (χ3n) is 3.20. The lowest BCUT2D eigenvalue weighted by molar-refractivity contribution is -0.384. The molecule has 1 aromatic carbocycles. The van der Waals surface area contributed by atoms with Crippen LogP contribution in [0.3, 0.4) is 0 Å². The van der Waals surface area contributed by atoms with Crippen molar-refractivity contribution in [3.63, 3.8) is 0 Å². The lowest BCUT2D eigenvalue weighted by Crippen LogP contribution is -2.30. The molecule has 0 spiro atoms. The molecule has 1 amide bonds. The monoisotopic (exact) mass is 393 g/mol. The van der Waals surface area contributed by atoms with E-state index in [0.29, 0.717) is 0 Å². The third-order valence-corrected chi connectivity index (χ3v) is 3.81. The molecule has 26 heavy (non-hydrogen) atoms. The summed E-state index contributed by atoms with van der Waals surface area (Å²) in [4.78, 5) is 22.3. The maximum absolute atomic E-state index is 11.9. The largest absolute Gasteiger partial charge is 0.457 e. The highest BCUT2D eigenvalue weighted by Gasteiger charge is 2.19. The van der Waals surface area contributed by atoms with E-state index in [4.69, 9.17) is 32.9 Å². The predicted octanol–water partition coefficient (Wildman–Crippen LogP) is 4.59. The van der Waals surface area contributed by atoms with Gasteiger partial charge in [0.1, 0.15) is 28.2 Å². The van der Waals surface area contributed by atoms with Crippen LogP contribution >= 0.6 is 23.2 Å². The van der Waals surface area contributed by atoms with Crippen LogP contribution in [0.2, 0.25) is 10.0 Å². The number of nitro groups is 1. The van der Waals surface area contributed by atoms with E-state index in [-0.39, 0.29) is 44.4 Å². The molecule has 0 atom stereocenters. The van der Waals surface area contributed by atoms with E-state index in [0.717, 1.165) is 0 Å². The fraction of sp³-hybridized carbons (Fsp3) is 0.176. The molecule has 0 radical (unpaired) electrons. The van der Waals surface area contributed by atoms with E-state index in [1.807, 2.05) is 0 Å². The summed E-state index contributed by atoms with van der Waals surface area (Å²) in [5, 5.41) is 22.8. The van der Waals surface area contributed by atoms with Gasteiger partial charge in [-0.3, -0.25) is 14.9 Å². The summed E-state index contributed by atoms with van der Waals surface area (Å²) in [6, 6.07) is 7.18. The van der Waals surface area contributed by atoms with Gasteiger partial charge < -0.3 is 9.73 Å². The smallest absolute Gasteiger partial charge is 0.288 e. The van der Waals surface area contributed by atoms with Crippen molar-refractivity contribution >= 4 is 40.9 Å². The van der Waals surface area contributed by atoms with Crippen LogP contribution in [0.4, 0.5) is 5.69 Å². The topological polar surface area (TPSA) is 109 Å². The van der Waals surface area contributed by atoms with Crippen LogP contribution in [-0.4, -0.2) is 16.9 Å². The van der Waals surface area contributed by atoms with Gasteiger partial charge in [0.05, 0.1) is 9.95 Å². The average Bonchev–Trinajstić information content (AvgIpc) is 2.99. The summed E-state index contributed by atoms with van der Waals surface area (Å²) in [7, 11) is 0. The van der Waals surface area contributed by atoms with Gasteiger partial charge in [-0.05, 0) is 32.0 Å². The number of hydrogen-bond acceptors (Lipinski definition) is 5. The number of rotatable bonds is 5. The van der Waals surface area contributed by atoms with E-state index in [9.17, 15) is 14.9 Å². The van der Waals surface area contributed by atoms with Gasteiger partial charge >= 0.3 is 0 Å². The molecule has 0 aliphatic rings. The maximum Gasteiger partial charge on any atom is 0.288 e. The first-order valence-corrected chi connectivity index (χ1v) is 8.14. The minimum atomic E-state index is -0.629. The maximum atomic E-state index is 11.9. The molecule has 2 rings (SSSR count). The van der Waals surface area contributed by atoms with Gasteiger partial charge in [-0.1, -0.05) is 23.2 Å². The van der Waals surface area contributed by atoms with Gasteiger partial charge in [-0.15, -0.1) is 0 Å². The van der Waals surface area contributed by atoms with Gasteiger partial charge in [-0.2, -0.15) is 5.26 Å². The number of nitriles is 1. The molecule has 134 valence electrons. The Bertz CT molecular complexity index is 942. The average molecular weight is 394 g/mol. The number of carbonyl (C=O) groups excluding carboxylic acids is 1. The highest BCUT2D eigenvalue weighted by molar-refractivity contribution is 6.37. The first-order valence-electron chi connectivity index (χ1n) is 7.39. The molecule has 0 bridgehead atoms. The number of hydrogen-bond donors (Lipinski definition) is 1. The third kappa shape index (κ3) is 4.42. The highest BCUT2D eigenvalue weighted by Crippen LogP contribution is 2.37. The molecule has 7 nitrogen and oxygen atoms in total. The Morgan fingerprint density at radius 3 is 2.62 bits per heavy atom. The van der Waals surface area contributed by atoms with Crippen LogP contribution in [0, 0.1) is 21.4 Å². The van der Waals surface area contributed by atoms with Gasteiger partial charge in [0.15, 0.2) is 0 Å². The molecule has 0 fully saturated rings. The van der Waals surface area contributed by atoms with E-state index >= 15 is 0 Å². The van der Waals surface area contributed by atoms with Crippen LogP contribution in [-0.2, 0) is 4.79 Å². The second-order valence-corrected chi connectivity index (χ2v) is 6.35. The van der Waals surface area contributed by atoms with Crippen LogP contribution < -0.4 is 5.32 Å². The zero-order valence-corrected chi connectivity index (χ0v) is 15.3. The van der Waals surface area contributed by atoms with Crippen molar-refractivity contribution in [2.45, 2.75) is 19.9 Å². The summed E-state index contributed by atoms with van der Waals surface area (Å²) >= 11 is 11.9. The molecule has 1 aromatic heterocycles. The zero-order valence-electron chi connectivity index (χ0n) is 13.7. The summed E-state index contributed by atoms with van der Waals surface area (Å²) in [5.74, 6) is -0.0627. The molecule has 9 heteroatoms. The molecule has 1 heterocycles. The second-order valence-electron chi connectivity index (χ2n) is 5.54. The number of nitrogens with one attached hydrogen (secondary N) is 1. The Morgan fingerprint density at radius 1 is 1.35 bits per heavy atom. The van der Waals surface area contributed by atoms with Gasteiger partial charge in [0.2, 0.25) is 0 Å². The number of nitrogens with zero attached hydrogens (tertiary/aromatic N) is 2. The van der Waals surface area contributed by atoms with Crippen molar-refractivity contribution in [1.29, 1.82) is 5.26 Å². The first kappa shape index (κ1) is 19.5. The molecule has 2 aromatic rings. The van der Waals surface area contributed by atoms with Crippen molar-refractivity contribution in [1.82, 2.24) is 5.32 Å². The summed E-state index contributed by atoms with van der Waals surface area (Å²) < 4.78 is 5.55. The molecular weight excluding hydrogens is 381 g/mol. The summed E-state index contributed by atoms with van der Waals surface area (Å²) in [6.07, 6.45) is 1.28. The van der Waals surface area contributed by atoms with Gasteiger partial charge in [0, 0.05) is 23.7 Å². The number of amides is 1. The van der Waals surface area contributed by atoms with Crippen molar-refractivity contribution in [3.05, 3.63) is 55.8 Å². The Labute approximate surface area is 159 Å². The van der Waals surface area contributed by atoms with Crippen LogP contribution in [0.1, 0.15) is 19.6 Å². The number of halogens is 2. The summed E-state index contributed by atoms with van der Waals surface area (Å²) in [5.41, 5.74) is -0.172. The Kier molecular flexibility index (Phi) is 6.03. The molecule has 0 unspecified atom stereocenters. The SMILES string of the molecule is CC(C)NC(=O)/C(C#N)=C\c1ccc(-c2cc([N+](=O)[O-])c(Cl)cc2Cl)o1. The van der Waals surface area contributed by atoms with E-state index in [1.165, 1.54) is 30.3 Å². The Balaban J connectivity index is 2.40. The quantitative estimate of drug-likeness (QED) is 0.345. The second kappa shape index (κ2) is 8.04. The standard InChI is InChI=1S/C17H13Cl2N3O4/c1-9(2)21-17(23)10(8-20)5-11-3-4-16(26-11)12-6-15(22(24)25)14(19)7-13(12)18/h3-7,9H,1-2H3,(H,21,23)/b10-5-. The van der Waals surface area contributed by atoms with Crippen LogP contribution in [0.25, 0.3) is 17.4 Å². The Morgan fingerprint density at radius 2 is 2.04 bits per heavy atom. The van der Waals surface area contributed by atoms with E-state index in [2.05, 4.69) is 5.32 Å².